The molecule has 1 atom stereocenters. The van der Waals surface area contributed by atoms with Crippen LogP contribution in [0.25, 0.3) is 0 Å². The van der Waals surface area contributed by atoms with E-state index in [1.54, 1.807) is 48.5 Å². The minimum atomic E-state index is -1.23. The van der Waals surface area contributed by atoms with Crippen molar-refractivity contribution in [2.45, 2.75) is 6.04 Å². The molecule has 24 heavy (non-hydrogen) atoms. The highest BCUT2D eigenvalue weighted by molar-refractivity contribution is 14.1. The van der Waals surface area contributed by atoms with E-state index in [4.69, 9.17) is 0 Å². The summed E-state index contributed by atoms with van der Waals surface area (Å²) >= 11 is 2.07. The lowest BCUT2D eigenvalue weighted by molar-refractivity contribution is -0.139. The number of halogens is 1. The summed E-state index contributed by atoms with van der Waals surface area (Å²) in [5, 5.41) is 11.7. The highest BCUT2D eigenvalue weighted by atomic mass is 127. The van der Waals surface area contributed by atoms with Crippen LogP contribution in [0.2, 0.25) is 0 Å². The molecular formula is C17H15IN2O4. The van der Waals surface area contributed by atoms with E-state index >= 15 is 0 Å². The molecule has 1 unspecified atom stereocenters. The van der Waals surface area contributed by atoms with Gasteiger partial charge in [-0.3, -0.25) is 9.69 Å². The molecule has 0 bridgehead atoms. The molecule has 0 fully saturated rings. The lowest BCUT2D eigenvalue weighted by Crippen LogP contribution is -2.44. The van der Waals surface area contributed by atoms with Gasteiger partial charge in [0.25, 0.3) is 5.91 Å². The number of nitrogens with one attached hydrogen (secondary N) is 1. The lowest BCUT2D eigenvalue weighted by atomic mass is 10.1. The van der Waals surface area contributed by atoms with Crippen molar-refractivity contribution in [1.82, 2.24) is 10.2 Å². The van der Waals surface area contributed by atoms with Crippen LogP contribution >= 0.6 is 22.6 Å². The van der Waals surface area contributed by atoms with Crippen molar-refractivity contribution < 1.29 is 19.5 Å². The third-order valence-electron chi connectivity index (χ3n) is 3.33. The van der Waals surface area contributed by atoms with Gasteiger partial charge in [-0.1, -0.05) is 36.4 Å². The van der Waals surface area contributed by atoms with E-state index in [2.05, 4.69) is 27.9 Å². The first-order valence-electron chi connectivity index (χ1n) is 7.02. The van der Waals surface area contributed by atoms with E-state index in [0.29, 0.717) is 11.1 Å². The number of rotatable bonds is 4. The topological polar surface area (TPSA) is 86.7 Å². The second-order valence-corrected chi connectivity index (χ2v) is 6.25. The molecule has 0 saturated carbocycles. The van der Waals surface area contributed by atoms with Crippen LogP contribution in [0, 0.1) is 3.57 Å². The predicted molar refractivity (Wildman–Crippen MR) is 96.6 cm³/mol. The predicted octanol–water partition coefficient (Wildman–Crippen LogP) is 2.90. The summed E-state index contributed by atoms with van der Waals surface area (Å²) in [6, 6.07) is 13.1. The Kier molecular flexibility index (Phi) is 5.91. The Balaban J connectivity index is 2.15. The van der Waals surface area contributed by atoms with Gasteiger partial charge >= 0.3 is 12.0 Å². The first-order chi connectivity index (χ1) is 11.4. The molecule has 2 aromatic carbocycles. The number of aliphatic carboxylic acids is 1. The van der Waals surface area contributed by atoms with Gasteiger partial charge < -0.3 is 10.4 Å². The summed E-state index contributed by atoms with van der Waals surface area (Å²) in [4.78, 5) is 36.9. The van der Waals surface area contributed by atoms with Crippen molar-refractivity contribution in [3.8, 4) is 0 Å². The van der Waals surface area contributed by atoms with Crippen LogP contribution < -0.4 is 5.32 Å². The Morgan fingerprint density at radius 1 is 1.08 bits per heavy atom. The molecule has 2 aromatic rings. The van der Waals surface area contributed by atoms with Crippen LogP contribution in [0.3, 0.4) is 0 Å². The number of carbonyl (C=O) groups excluding carboxylic acids is 2. The van der Waals surface area contributed by atoms with Crippen LogP contribution in [0.4, 0.5) is 4.79 Å². The summed E-state index contributed by atoms with van der Waals surface area (Å²) in [5.41, 5.74) is 0.777. The maximum Gasteiger partial charge on any atom is 0.330 e. The van der Waals surface area contributed by atoms with Crippen LogP contribution in [0.5, 0.6) is 0 Å². The van der Waals surface area contributed by atoms with Crippen molar-refractivity contribution in [3.05, 3.63) is 69.3 Å². The Bertz CT molecular complexity index is 764. The van der Waals surface area contributed by atoms with Gasteiger partial charge in [-0.25, -0.2) is 9.59 Å². The van der Waals surface area contributed by atoms with E-state index in [0.717, 1.165) is 8.47 Å². The lowest BCUT2D eigenvalue weighted by Gasteiger charge is -2.20. The van der Waals surface area contributed by atoms with E-state index < -0.39 is 23.9 Å². The largest absolute Gasteiger partial charge is 0.479 e. The number of carbonyl (C=O) groups is 3. The van der Waals surface area contributed by atoms with Gasteiger partial charge in [-0.2, -0.15) is 0 Å². The van der Waals surface area contributed by atoms with Gasteiger partial charge in [0.1, 0.15) is 0 Å². The molecular weight excluding hydrogens is 423 g/mol. The SMILES string of the molecule is CN(C(=O)NC(C(=O)O)c1ccccc1)C(=O)c1cccc(I)c1. The van der Waals surface area contributed by atoms with Crippen molar-refractivity contribution in [3.63, 3.8) is 0 Å². The summed E-state index contributed by atoms with van der Waals surface area (Å²) in [7, 11) is 1.31. The molecule has 0 aliphatic heterocycles. The molecule has 2 rings (SSSR count). The maximum absolute atomic E-state index is 12.3. The van der Waals surface area contributed by atoms with E-state index in [1.165, 1.54) is 7.05 Å². The number of urea groups is 1. The third-order valence-corrected chi connectivity index (χ3v) is 4.00. The molecule has 0 radical (unpaired) electrons. The molecule has 0 heterocycles. The van der Waals surface area contributed by atoms with Crippen molar-refractivity contribution in [2.24, 2.45) is 0 Å². The zero-order chi connectivity index (χ0) is 17.7. The third kappa shape index (κ3) is 4.31. The van der Waals surface area contributed by atoms with Gasteiger partial charge in [0.05, 0.1) is 0 Å². The highest BCUT2D eigenvalue weighted by Gasteiger charge is 2.26. The van der Waals surface area contributed by atoms with Crippen LogP contribution in [0.15, 0.2) is 54.6 Å². The summed E-state index contributed by atoms with van der Waals surface area (Å²) < 4.78 is 0.861. The number of imide groups is 1. The van der Waals surface area contributed by atoms with Gasteiger partial charge in [0.15, 0.2) is 6.04 Å². The van der Waals surface area contributed by atoms with Crippen molar-refractivity contribution >= 4 is 40.5 Å². The molecule has 7 heteroatoms. The van der Waals surface area contributed by atoms with Crippen LogP contribution in [-0.4, -0.2) is 35.0 Å². The number of carboxylic acids is 1. The summed E-state index contributed by atoms with van der Waals surface area (Å²) in [6.07, 6.45) is 0. The first kappa shape index (κ1) is 17.9. The Labute approximate surface area is 152 Å². The zero-order valence-corrected chi connectivity index (χ0v) is 14.9. The van der Waals surface area contributed by atoms with Gasteiger partial charge in [-0.05, 0) is 46.4 Å². The molecule has 6 nitrogen and oxygen atoms in total. The van der Waals surface area contributed by atoms with E-state index in [-0.39, 0.29) is 0 Å². The highest BCUT2D eigenvalue weighted by Crippen LogP contribution is 2.14. The van der Waals surface area contributed by atoms with Crippen molar-refractivity contribution in [1.29, 1.82) is 0 Å². The average molecular weight is 438 g/mol. The molecule has 124 valence electrons. The monoisotopic (exact) mass is 438 g/mol. The molecule has 3 amide bonds. The second kappa shape index (κ2) is 7.91. The summed E-state index contributed by atoms with van der Waals surface area (Å²) in [6.45, 7) is 0. The molecule has 0 spiro atoms. The fraction of sp³-hybridized carbons (Fsp3) is 0.118. The minimum Gasteiger partial charge on any atom is -0.479 e. The molecule has 2 N–H and O–H groups in total. The van der Waals surface area contributed by atoms with Crippen LogP contribution in [-0.2, 0) is 4.79 Å². The average Bonchev–Trinajstić information content (AvgIpc) is 2.58. The maximum atomic E-state index is 12.3. The number of amides is 3. The molecule has 0 saturated heterocycles. The van der Waals surface area contributed by atoms with Crippen LogP contribution in [0.1, 0.15) is 22.0 Å². The molecule has 0 aliphatic carbocycles. The van der Waals surface area contributed by atoms with Gasteiger partial charge in [-0.15, -0.1) is 0 Å². The minimum absolute atomic E-state index is 0.353. The smallest absolute Gasteiger partial charge is 0.330 e. The normalized spacial score (nSPS) is 11.4. The molecule has 0 aromatic heterocycles. The van der Waals surface area contributed by atoms with E-state index in [1.807, 2.05) is 6.07 Å². The van der Waals surface area contributed by atoms with Gasteiger partial charge in [0.2, 0.25) is 0 Å². The standard InChI is InChI=1S/C17H15IN2O4/c1-20(15(21)12-8-5-9-13(18)10-12)17(24)19-14(16(22)23)11-6-3-2-4-7-11/h2-10,14H,1H3,(H,19,24)(H,22,23). The Morgan fingerprint density at radius 3 is 2.33 bits per heavy atom. The Morgan fingerprint density at radius 2 is 1.75 bits per heavy atom. The number of carboxylic acid groups (broad SMARTS) is 1. The Hall–Kier alpha value is -2.42. The number of hydrogen-bond acceptors (Lipinski definition) is 3. The first-order valence-corrected chi connectivity index (χ1v) is 8.10. The fourth-order valence-corrected chi connectivity index (χ4v) is 2.60. The summed E-state index contributed by atoms with van der Waals surface area (Å²) in [5.74, 6) is -1.71. The quantitative estimate of drug-likeness (QED) is 0.719. The number of nitrogens with zero attached hydrogens (tertiary/aromatic N) is 1. The second-order valence-electron chi connectivity index (χ2n) is 5.01. The number of hydrogen-bond donors (Lipinski definition) is 2. The van der Waals surface area contributed by atoms with Gasteiger partial charge in [0, 0.05) is 16.2 Å². The molecule has 0 aliphatic rings. The zero-order valence-electron chi connectivity index (χ0n) is 12.8. The van der Waals surface area contributed by atoms with E-state index in [9.17, 15) is 19.5 Å². The fourth-order valence-electron chi connectivity index (χ4n) is 2.06. The number of benzene rings is 2. The van der Waals surface area contributed by atoms with Crippen molar-refractivity contribution in [2.75, 3.05) is 7.05 Å².